The van der Waals surface area contributed by atoms with Crippen molar-refractivity contribution in [2.45, 2.75) is 37.8 Å². The summed E-state index contributed by atoms with van der Waals surface area (Å²) in [5, 5.41) is 7.88. The van der Waals surface area contributed by atoms with Gasteiger partial charge in [0.05, 0.1) is 36.1 Å². The van der Waals surface area contributed by atoms with E-state index in [0.29, 0.717) is 36.0 Å². The summed E-state index contributed by atoms with van der Waals surface area (Å²) in [5.41, 5.74) is 4.73. The summed E-state index contributed by atoms with van der Waals surface area (Å²) in [4.78, 5) is 19.6. The van der Waals surface area contributed by atoms with Crippen LogP contribution in [0.3, 0.4) is 0 Å². The van der Waals surface area contributed by atoms with Crippen molar-refractivity contribution in [3.63, 3.8) is 0 Å². The lowest BCUT2D eigenvalue weighted by Crippen LogP contribution is -2.40. The minimum absolute atomic E-state index is 0.0729. The van der Waals surface area contributed by atoms with Crippen LogP contribution in [0.1, 0.15) is 48.2 Å². The van der Waals surface area contributed by atoms with Crippen LogP contribution in [0.15, 0.2) is 72.6 Å². The molecule has 0 bridgehead atoms. The van der Waals surface area contributed by atoms with E-state index < -0.39 is 11.6 Å². The van der Waals surface area contributed by atoms with Crippen LogP contribution in [0.4, 0.5) is 8.78 Å². The van der Waals surface area contributed by atoms with Crippen molar-refractivity contribution in [2.75, 3.05) is 26.9 Å². The second-order valence-corrected chi connectivity index (χ2v) is 12.4. The maximum Gasteiger partial charge on any atom is 0.246 e. The molecule has 3 unspecified atom stereocenters. The number of fused-ring (bicyclic) bond motifs is 2. The van der Waals surface area contributed by atoms with Gasteiger partial charge in [0.1, 0.15) is 35.4 Å². The molecule has 0 spiro atoms. The van der Waals surface area contributed by atoms with Gasteiger partial charge in [0.2, 0.25) is 5.91 Å². The van der Waals surface area contributed by atoms with Crippen LogP contribution in [0.5, 0.6) is 5.75 Å². The second kappa shape index (κ2) is 11.8. The maximum absolute atomic E-state index is 16.0. The number of amides is 1. The van der Waals surface area contributed by atoms with Crippen molar-refractivity contribution in [2.24, 2.45) is 0 Å². The minimum atomic E-state index is -0.749. The quantitative estimate of drug-likeness (QED) is 0.125. The lowest BCUT2D eigenvalue weighted by Gasteiger charge is -2.33. The van der Waals surface area contributed by atoms with Gasteiger partial charge in [-0.2, -0.15) is 5.10 Å². The van der Waals surface area contributed by atoms with E-state index >= 15 is 4.39 Å². The standard InChI is InChI=1S/C35H32F2N4O3S/c1-4-30(42)40-11-12-41-28(20(40)2)19-27(39-41)34-32(31-26(37)16-22(36)17-29(31)44-14-13-43-3)35-23(10-15-45-35)33(38-34)25-18-24(25)21-8-6-5-7-9-21/h4-10,15-17,19-20,24-25H,1,11-14,18H2,2-3H3. The normalized spacial score (nSPS) is 19.0. The first-order valence-corrected chi connectivity index (χ1v) is 15.9. The second-order valence-electron chi connectivity index (χ2n) is 11.4. The molecule has 4 heterocycles. The molecule has 0 N–H and O–H groups in total. The molecule has 3 aromatic heterocycles. The summed E-state index contributed by atoms with van der Waals surface area (Å²) >= 11 is 1.49. The van der Waals surface area contributed by atoms with Crippen LogP contribution >= 0.6 is 11.3 Å². The van der Waals surface area contributed by atoms with Gasteiger partial charge in [-0.3, -0.25) is 9.48 Å². The molecule has 1 fully saturated rings. The number of rotatable bonds is 9. The molecule has 230 valence electrons. The molecule has 1 amide bonds. The van der Waals surface area contributed by atoms with E-state index in [1.165, 1.54) is 36.2 Å². The first-order chi connectivity index (χ1) is 21.9. The smallest absolute Gasteiger partial charge is 0.246 e. The van der Waals surface area contributed by atoms with Gasteiger partial charge >= 0.3 is 0 Å². The zero-order valence-electron chi connectivity index (χ0n) is 25.0. The van der Waals surface area contributed by atoms with Crippen molar-refractivity contribution in [3.8, 4) is 28.3 Å². The molecule has 2 aliphatic rings. The maximum atomic E-state index is 16.0. The van der Waals surface area contributed by atoms with Gasteiger partial charge in [-0.25, -0.2) is 13.8 Å². The third-order valence-corrected chi connectivity index (χ3v) is 9.71. The van der Waals surface area contributed by atoms with Crippen LogP contribution in [0, 0.1) is 11.6 Å². The molecule has 1 saturated carbocycles. The van der Waals surface area contributed by atoms with Gasteiger partial charge in [-0.1, -0.05) is 36.9 Å². The predicted molar refractivity (Wildman–Crippen MR) is 170 cm³/mol. The fourth-order valence-electron chi connectivity index (χ4n) is 6.49. The van der Waals surface area contributed by atoms with Crippen LogP contribution < -0.4 is 4.74 Å². The number of ether oxygens (including phenoxy) is 2. The van der Waals surface area contributed by atoms with Crippen LogP contribution in [-0.4, -0.2) is 52.4 Å². The molecule has 1 aliphatic heterocycles. The molecule has 5 aromatic rings. The lowest BCUT2D eigenvalue weighted by molar-refractivity contribution is -0.129. The summed E-state index contributed by atoms with van der Waals surface area (Å²) in [6.07, 6.45) is 2.27. The molecule has 7 nitrogen and oxygen atoms in total. The number of hydrogen-bond acceptors (Lipinski definition) is 6. The Hall–Kier alpha value is -4.41. The Morgan fingerprint density at radius 3 is 2.69 bits per heavy atom. The zero-order valence-corrected chi connectivity index (χ0v) is 25.8. The number of carbonyl (C=O) groups excluding carboxylic acids is 1. The average Bonchev–Trinajstić information content (AvgIpc) is 3.45. The molecular formula is C35H32F2N4O3S. The number of nitrogens with zero attached hydrogens (tertiary/aromatic N) is 4. The van der Waals surface area contributed by atoms with E-state index in [-0.39, 0.29) is 42.4 Å². The molecule has 1 aliphatic carbocycles. The van der Waals surface area contributed by atoms with Crippen molar-refractivity contribution >= 4 is 27.3 Å². The van der Waals surface area contributed by atoms with Gasteiger partial charge < -0.3 is 14.4 Å². The third kappa shape index (κ3) is 5.21. The molecule has 0 radical (unpaired) electrons. The van der Waals surface area contributed by atoms with Gasteiger partial charge in [-0.15, -0.1) is 11.3 Å². The molecule has 0 saturated heterocycles. The summed E-state index contributed by atoms with van der Waals surface area (Å²) in [7, 11) is 1.54. The van der Waals surface area contributed by atoms with E-state index in [2.05, 4.69) is 18.7 Å². The van der Waals surface area contributed by atoms with Crippen molar-refractivity contribution < 1.29 is 23.0 Å². The molecule has 2 aromatic carbocycles. The molecule has 45 heavy (non-hydrogen) atoms. The fourth-order valence-corrected chi connectivity index (χ4v) is 7.45. The highest BCUT2D eigenvalue weighted by Gasteiger charge is 2.42. The summed E-state index contributed by atoms with van der Waals surface area (Å²) in [6, 6.07) is 16.2. The highest BCUT2D eigenvalue weighted by molar-refractivity contribution is 7.17. The number of aromatic nitrogens is 3. The first kappa shape index (κ1) is 29.3. The average molecular weight is 627 g/mol. The highest BCUT2D eigenvalue weighted by Crippen LogP contribution is 2.57. The predicted octanol–water partition coefficient (Wildman–Crippen LogP) is 7.49. The van der Waals surface area contributed by atoms with Crippen molar-refractivity contribution in [1.29, 1.82) is 0 Å². The van der Waals surface area contributed by atoms with E-state index in [4.69, 9.17) is 19.6 Å². The van der Waals surface area contributed by atoms with Crippen LogP contribution in [-0.2, 0) is 16.1 Å². The Balaban J connectivity index is 1.44. The topological polar surface area (TPSA) is 69.5 Å². The number of halogens is 2. The van der Waals surface area contributed by atoms with Gasteiger partial charge in [0.15, 0.2) is 0 Å². The Morgan fingerprint density at radius 1 is 1.09 bits per heavy atom. The number of methoxy groups -OCH3 is 1. The minimum Gasteiger partial charge on any atom is -0.490 e. The Labute approximate surface area is 263 Å². The number of thiophene rings is 1. The fraction of sp³-hybridized carbons (Fsp3) is 0.286. The first-order valence-electron chi connectivity index (χ1n) is 15.0. The van der Waals surface area contributed by atoms with E-state index in [9.17, 15) is 9.18 Å². The zero-order chi connectivity index (χ0) is 31.2. The molecule has 7 rings (SSSR count). The molecule has 3 atom stereocenters. The van der Waals surface area contributed by atoms with Gasteiger partial charge in [0, 0.05) is 47.4 Å². The van der Waals surface area contributed by atoms with Crippen LogP contribution in [0.2, 0.25) is 0 Å². The van der Waals surface area contributed by atoms with Crippen LogP contribution in [0.25, 0.3) is 32.6 Å². The number of carbonyl (C=O) groups is 1. The van der Waals surface area contributed by atoms with Crippen molar-refractivity contribution in [3.05, 3.63) is 101 Å². The highest BCUT2D eigenvalue weighted by atomic mass is 32.1. The van der Waals surface area contributed by atoms with Crippen molar-refractivity contribution in [1.82, 2.24) is 19.7 Å². The van der Waals surface area contributed by atoms with E-state index in [1.807, 2.05) is 47.3 Å². The van der Waals surface area contributed by atoms with Gasteiger partial charge in [0.25, 0.3) is 0 Å². The Bertz CT molecular complexity index is 1920. The monoisotopic (exact) mass is 626 g/mol. The Kier molecular flexibility index (Phi) is 7.71. The third-order valence-electron chi connectivity index (χ3n) is 8.78. The van der Waals surface area contributed by atoms with E-state index in [1.54, 1.807) is 4.90 Å². The molecule has 10 heteroatoms. The Morgan fingerprint density at radius 2 is 1.91 bits per heavy atom. The molecular weight excluding hydrogens is 594 g/mol. The summed E-state index contributed by atoms with van der Waals surface area (Å²) in [6.45, 7) is 6.96. The largest absolute Gasteiger partial charge is 0.490 e. The van der Waals surface area contributed by atoms with E-state index in [0.717, 1.165) is 34.0 Å². The summed E-state index contributed by atoms with van der Waals surface area (Å²) in [5.74, 6) is -1.05. The number of pyridine rings is 1. The van der Waals surface area contributed by atoms with Gasteiger partial charge in [-0.05, 0) is 48.4 Å². The SMILES string of the molecule is C=CC(=O)N1CCn2nc(-c3nc(C4CC4c4ccccc4)c4ccsc4c3-c3c(F)cc(F)cc3OCCOC)cc2C1C. The number of benzene rings is 2. The number of hydrogen-bond donors (Lipinski definition) is 0. The summed E-state index contributed by atoms with van der Waals surface area (Å²) < 4.78 is 44.4. The lowest BCUT2D eigenvalue weighted by atomic mass is 9.96.